The fraction of sp³-hybridized carbons (Fsp3) is 0.167. The Balaban J connectivity index is 1.31. The Labute approximate surface area is 164 Å². The molecule has 0 bridgehead atoms. The van der Waals surface area contributed by atoms with Gasteiger partial charge in [-0.3, -0.25) is 0 Å². The van der Waals surface area contributed by atoms with Crippen molar-refractivity contribution < 1.29 is 9.13 Å². The molecule has 1 heterocycles. The van der Waals surface area contributed by atoms with Crippen molar-refractivity contribution in [1.82, 2.24) is 10.3 Å². The molecule has 0 unspecified atom stereocenters. The van der Waals surface area contributed by atoms with E-state index in [2.05, 4.69) is 40.8 Å². The van der Waals surface area contributed by atoms with Crippen LogP contribution in [0.15, 0.2) is 79.0 Å². The topological polar surface area (TPSA) is 37.0 Å². The van der Waals surface area contributed by atoms with E-state index in [1.165, 1.54) is 28.6 Å². The predicted molar refractivity (Wildman–Crippen MR) is 111 cm³/mol. The number of H-pyrrole nitrogens is 1. The highest BCUT2D eigenvalue weighted by molar-refractivity contribution is 5.83. The SMILES string of the molecule is Fc1ccc(COc2ccccc2CNCCc2c[nH]c3ccccc23)cc1. The van der Waals surface area contributed by atoms with Gasteiger partial charge in [-0.25, -0.2) is 4.39 Å². The van der Waals surface area contributed by atoms with E-state index in [1.54, 1.807) is 12.1 Å². The highest BCUT2D eigenvalue weighted by Gasteiger charge is 2.05. The molecule has 3 nitrogen and oxygen atoms in total. The van der Waals surface area contributed by atoms with Gasteiger partial charge in [0.1, 0.15) is 18.2 Å². The lowest BCUT2D eigenvalue weighted by atomic mass is 10.1. The molecule has 4 rings (SSSR count). The first kappa shape index (κ1) is 18.3. The van der Waals surface area contributed by atoms with Crippen LogP contribution in [0.5, 0.6) is 5.75 Å². The molecule has 0 saturated heterocycles. The molecule has 0 radical (unpaired) electrons. The van der Waals surface area contributed by atoms with Gasteiger partial charge in [0, 0.05) is 29.2 Å². The van der Waals surface area contributed by atoms with Crippen LogP contribution < -0.4 is 10.1 Å². The van der Waals surface area contributed by atoms with Gasteiger partial charge in [-0.15, -0.1) is 0 Å². The highest BCUT2D eigenvalue weighted by Crippen LogP contribution is 2.20. The van der Waals surface area contributed by atoms with Crippen molar-refractivity contribution in [2.45, 2.75) is 19.6 Å². The summed E-state index contributed by atoms with van der Waals surface area (Å²) in [6.45, 7) is 2.04. The van der Waals surface area contributed by atoms with Crippen LogP contribution in [0, 0.1) is 5.82 Å². The largest absolute Gasteiger partial charge is 0.489 e. The van der Waals surface area contributed by atoms with Crippen LogP contribution in [0.3, 0.4) is 0 Å². The number of para-hydroxylation sites is 2. The van der Waals surface area contributed by atoms with Gasteiger partial charge in [0.05, 0.1) is 0 Å². The van der Waals surface area contributed by atoms with Crippen LogP contribution in [0.25, 0.3) is 10.9 Å². The zero-order valence-corrected chi connectivity index (χ0v) is 15.6. The first-order valence-electron chi connectivity index (χ1n) is 9.50. The lowest BCUT2D eigenvalue weighted by molar-refractivity contribution is 0.302. The summed E-state index contributed by atoms with van der Waals surface area (Å²) in [5.74, 6) is 0.620. The molecule has 0 aliphatic rings. The third-order valence-corrected chi connectivity index (χ3v) is 4.84. The first-order chi connectivity index (χ1) is 13.8. The number of halogens is 1. The van der Waals surface area contributed by atoms with Crippen molar-refractivity contribution in [3.63, 3.8) is 0 Å². The summed E-state index contributed by atoms with van der Waals surface area (Å²) >= 11 is 0. The number of nitrogens with one attached hydrogen (secondary N) is 2. The molecule has 2 N–H and O–H groups in total. The average molecular weight is 374 g/mol. The summed E-state index contributed by atoms with van der Waals surface area (Å²) < 4.78 is 19.0. The quantitative estimate of drug-likeness (QED) is 0.415. The summed E-state index contributed by atoms with van der Waals surface area (Å²) in [6.07, 6.45) is 3.05. The number of hydrogen-bond acceptors (Lipinski definition) is 2. The predicted octanol–water partition coefficient (Wildman–Crippen LogP) is 5.22. The average Bonchev–Trinajstić information content (AvgIpc) is 3.15. The third kappa shape index (κ3) is 4.41. The Kier molecular flexibility index (Phi) is 5.69. The number of hydrogen-bond donors (Lipinski definition) is 2. The molecule has 142 valence electrons. The van der Waals surface area contributed by atoms with Crippen LogP contribution >= 0.6 is 0 Å². The van der Waals surface area contributed by atoms with E-state index in [0.717, 1.165) is 36.4 Å². The molecule has 0 aliphatic carbocycles. The fourth-order valence-corrected chi connectivity index (χ4v) is 3.32. The molecule has 4 aromatic rings. The summed E-state index contributed by atoms with van der Waals surface area (Å²) in [7, 11) is 0. The molecule has 28 heavy (non-hydrogen) atoms. The van der Waals surface area contributed by atoms with Crippen molar-refractivity contribution >= 4 is 10.9 Å². The van der Waals surface area contributed by atoms with Crippen LogP contribution in [-0.2, 0) is 19.6 Å². The van der Waals surface area contributed by atoms with Gasteiger partial charge in [0.2, 0.25) is 0 Å². The smallest absolute Gasteiger partial charge is 0.124 e. The van der Waals surface area contributed by atoms with E-state index < -0.39 is 0 Å². The van der Waals surface area contributed by atoms with Crippen LogP contribution in [0.1, 0.15) is 16.7 Å². The molecule has 0 fully saturated rings. The Morgan fingerprint density at radius 1 is 0.857 bits per heavy atom. The summed E-state index contributed by atoms with van der Waals surface area (Å²) in [4.78, 5) is 3.32. The molecule has 0 atom stereocenters. The Bertz CT molecular complexity index is 1040. The van der Waals surface area contributed by atoms with Crippen molar-refractivity contribution in [1.29, 1.82) is 0 Å². The minimum atomic E-state index is -0.233. The van der Waals surface area contributed by atoms with Crippen LogP contribution in [-0.4, -0.2) is 11.5 Å². The fourth-order valence-electron chi connectivity index (χ4n) is 3.32. The van der Waals surface area contributed by atoms with E-state index in [4.69, 9.17) is 4.74 Å². The molecule has 0 aliphatic heterocycles. The van der Waals surface area contributed by atoms with Gasteiger partial charge in [-0.05, 0) is 48.4 Å². The lowest BCUT2D eigenvalue weighted by Gasteiger charge is -2.12. The maximum Gasteiger partial charge on any atom is 0.124 e. The first-order valence-corrected chi connectivity index (χ1v) is 9.50. The van der Waals surface area contributed by atoms with E-state index >= 15 is 0 Å². The third-order valence-electron chi connectivity index (χ3n) is 4.84. The van der Waals surface area contributed by atoms with Gasteiger partial charge in [-0.2, -0.15) is 0 Å². The molecular weight excluding hydrogens is 351 g/mol. The Morgan fingerprint density at radius 2 is 1.64 bits per heavy atom. The van der Waals surface area contributed by atoms with E-state index in [9.17, 15) is 4.39 Å². The molecular formula is C24H23FN2O. The van der Waals surface area contributed by atoms with E-state index in [-0.39, 0.29) is 5.82 Å². The summed E-state index contributed by atoms with van der Waals surface area (Å²) in [5.41, 5.74) is 4.56. The van der Waals surface area contributed by atoms with Crippen LogP contribution in [0.4, 0.5) is 4.39 Å². The molecule has 0 saturated carbocycles. The zero-order chi connectivity index (χ0) is 19.2. The number of ether oxygens (including phenoxy) is 1. The summed E-state index contributed by atoms with van der Waals surface area (Å²) in [5, 5.41) is 4.79. The summed E-state index contributed by atoms with van der Waals surface area (Å²) in [6, 6.07) is 22.8. The van der Waals surface area contributed by atoms with Crippen molar-refractivity contribution in [3.8, 4) is 5.75 Å². The lowest BCUT2D eigenvalue weighted by Crippen LogP contribution is -2.17. The molecule has 4 heteroatoms. The molecule has 1 aromatic heterocycles. The number of aromatic nitrogens is 1. The second-order valence-corrected chi connectivity index (χ2v) is 6.81. The monoisotopic (exact) mass is 374 g/mol. The normalized spacial score (nSPS) is 11.0. The number of aromatic amines is 1. The van der Waals surface area contributed by atoms with Gasteiger partial charge in [0.25, 0.3) is 0 Å². The van der Waals surface area contributed by atoms with E-state index in [1.807, 2.05) is 24.3 Å². The van der Waals surface area contributed by atoms with E-state index in [0.29, 0.717) is 6.61 Å². The van der Waals surface area contributed by atoms with Gasteiger partial charge < -0.3 is 15.0 Å². The second kappa shape index (κ2) is 8.72. The van der Waals surface area contributed by atoms with Crippen molar-refractivity contribution in [2.75, 3.05) is 6.54 Å². The maximum absolute atomic E-state index is 13.0. The maximum atomic E-state index is 13.0. The van der Waals surface area contributed by atoms with Gasteiger partial charge in [0.15, 0.2) is 0 Å². The van der Waals surface area contributed by atoms with Crippen molar-refractivity contribution in [3.05, 3.63) is 102 Å². The number of rotatable bonds is 8. The molecule has 0 amide bonds. The molecule has 3 aromatic carbocycles. The number of benzene rings is 3. The molecule has 0 spiro atoms. The standard InChI is InChI=1S/C24H23FN2O/c25-21-11-9-18(10-12-21)17-28-24-8-4-1-5-20(24)15-26-14-13-19-16-27-23-7-3-2-6-22(19)23/h1-12,16,26-27H,13-15,17H2. The highest BCUT2D eigenvalue weighted by atomic mass is 19.1. The number of fused-ring (bicyclic) bond motifs is 1. The minimum absolute atomic E-state index is 0.233. The van der Waals surface area contributed by atoms with Gasteiger partial charge in [-0.1, -0.05) is 48.5 Å². The Morgan fingerprint density at radius 3 is 2.54 bits per heavy atom. The second-order valence-electron chi connectivity index (χ2n) is 6.81. The van der Waals surface area contributed by atoms with Crippen molar-refractivity contribution in [2.24, 2.45) is 0 Å². The van der Waals surface area contributed by atoms with Gasteiger partial charge >= 0.3 is 0 Å². The Hall–Kier alpha value is -3.11. The van der Waals surface area contributed by atoms with Crippen LogP contribution in [0.2, 0.25) is 0 Å². The zero-order valence-electron chi connectivity index (χ0n) is 15.6. The minimum Gasteiger partial charge on any atom is -0.489 e.